The van der Waals surface area contributed by atoms with Crippen molar-refractivity contribution in [2.24, 2.45) is 0 Å². The average Bonchev–Trinajstić information content (AvgIpc) is 2.52. The number of hydrogen-bond donors (Lipinski definition) is 0. The zero-order chi connectivity index (χ0) is 22.8. The van der Waals surface area contributed by atoms with Crippen molar-refractivity contribution in [1.29, 1.82) is 0 Å². The molecule has 6 heteroatoms. The van der Waals surface area contributed by atoms with Crippen molar-refractivity contribution < 1.29 is 40.2 Å². The smallest absolute Gasteiger partial charge is 0.550 e. The van der Waals surface area contributed by atoms with Gasteiger partial charge in [0.05, 0.1) is 0 Å². The van der Waals surface area contributed by atoms with Crippen LogP contribution in [-0.2, 0) is 30.0 Å². The minimum atomic E-state index is -1.08. The van der Waals surface area contributed by atoms with Crippen molar-refractivity contribution in [3.05, 3.63) is 54.6 Å². The molecule has 2 aromatic rings. The summed E-state index contributed by atoms with van der Waals surface area (Å²) in [7, 11) is -0.282. The first-order valence-corrected chi connectivity index (χ1v) is 10.8. The second kappa shape index (κ2) is 13.7. The Labute approximate surface area is 196 Å². The number of hydrogen-bond acceptors (Lipinski definition) is 4. The first-order chi connectivity index (χ1) is 13.2. The Hall–Kier alpha value is -1.53. The molecule has 0 spiro atoms. The topological polar surface area (TPSA) is 80.3 Å². The molecule has 0 amide bonds. The second-order valence-corrected chi connectivity index (χ2v) is 12.4. The first-order valence-electron chi connectivity index (χ1n) is 9.48. The van der Waals surface area contributed by atoms with Gasteiger partial charge < -0.3 is 19.8 Å². The summed E-state index contributed by atoms with van der Waals surface area (Å²) in [4.78, 5) is 17.8. The average molecular weight is 523 g/mol. The van der Waals surface area contributed by atoms with Gasteiger partial charge in [0.1, 0.15) is 0 Å². The number of rotatable bonds is 2. The molecule has 30 heavy (non-hydrogen) atoms. The molecule has 0 heterocycles. The summed E-state index contributed by atoms with van der Waals surface area (Å²) in [5, 5.41) is 19.9. The van der Waals surface area contributed by atoms with E-state index in [9.17, 15) is 0 Å². The zero-order valence-electron chi connectivity index (χ0n) is 19.1. The van der Waals surface area contributed by atoms with Crippen LogP contribution >= 0.6 is 7.92 Å². The summed E-state index contributed by atoms with van der Waals surface area (Å²) in [6, 6.07) is 19.7. The fraction of sp³-hybridized carbons (Fsp3) is 0.417. The van der Waals surface area contributed by atoms with Gasteiger partial charge in [-0.05, 0) is 40.6 Å². The number of aliphatic carboxylic acids is 2. The molecule has 0 fully saturated rings. The van der Waals surface area contributed by atoms with E-state index in [0.29, 0.717) is 10.3 Å². The van der Waals surface area contributed by atoms with Gasteiger partial charge in [-0.15, -0.1) is 0 Å². The number of carbonyl (C=O) groups is 2. The van der Waals surface area contributed by atoms with Crippen molar-refractivity contribution in [1.82, 2.24) is 0 Å². The summed E-state index contributed by atoms with van der Waals surface area (Å²) in [5.74, 6) is -2.17. The van der Waals surface area contributed by atoms with Crippen LogP contribution in [0.2, 0.25) is 0 Å². The van der Waals surface area contributed by atoms with Crippen LogP contribution in [0.5, 0.6) is 0 Å². The standard InChI is InChI=1S/C20H27P.2C2H4O2.Pd/c1-19(2,3)21(20(4,5)6)18-15-11-10-14-17(18)16-12-8-7-9-13-16;2*1-2(3)4;/h7-15H,1-6H3;2*1H3,(H,3,4);/q;;;+2/p-2. The Balaban J connectivity index is 0. The van der Waals surface area contributed by atoms with Gasteiger partial charge in [-0.1, -0.05) is 104 Å². The molecule has 2 aromatic carbocycles. The maximum atomic E-state index is 8.89. The van der Waals surface area contributed by atoms with Crippen LogP contribution in [0.4, 0.5) is 0 Å². The molecular formula is C24H33O4PPd. The van der Waals surface area contributed by atoms with Crippen molar-refractivity contribution in [3.8, 4) is 11.1 Å². The quantitative estimate of drug-likeness (QED) is 0.446. The molecule has 0 radical (unpaired) electrons. The SMILES string of the molecule is CC(=O)[O-].CC(=O)[O-].CC(C)(C)P(c1ccccc1-c1ccccc1)C(C)(C)C.[Pd+2]. The third kappa shape index (κ3) is 12.2. The normalized spacial score (nSPS) is 10.6. The van der Waals surface area contributed by atoms with Crippen LogP contribution in [0, 0.1) is 0 Å². The summed E-state index contributed by atoms with van der Waals surface area (Å²) in [6.45, 7) is 16.2. The molecule has 4 nitrogen and oxygen atoms in total. The molecule has 0 saturated heterocycles. The van der Waals surface area contributed by atoms with Crippen LogP contribution in [0.25, 0.3) is 11.1 Å². The largest absolute Gasteiger partial charge is 2.00 e. The van der Waals surface area contributed by atoms with Crippen LogP contribution in [0.3, 0.4) is 0 Å². The van der Waals surface area contributed by atoms with E-state index in [1.807, 2.05) is 0 Å². The summed E-state index contributed by atoms with van der Waals surface area (Å²) in [5.41, 5.74) is 2.73. The van der Waals surface area contributed by atoms with E-state index in [1.54, 1.807) is 0 Å². The van der Waals surface area contributed by atoms with Gasteiger partial charge in [-0.3, -0.25) is 0 Å². The minimum Gasteiger partial charge on any atom is -0.550 e. The van der Waals surface area contributed by atoms with E-state index in [0.717, 1.165) is 13.8 Å². The molecule has 2 rings (SSSR count). The Morgan fingerprint density at radius 1 is 0.700 bits per heavy atom. The first kappa shape index (κ1) is 30.7. The maximum Gasteiger partial charge on any atom is 2.00 e. The summed E-state index contributed by atoms with van der Waals surface area (Å²) >= 11 is 0. The van der Waals surface area contributed by atoms with Gasteiger partial charge in [-0.2, -0.15) is 0 Å². The van der Waals surface area contributed by atoms with Crippen molar-refractivity contribution in [2.45, 2.75) is 65.7 Å². The molecule has 0 aliphatic rings. The third-order valence-electron chi connectivity index (χ3n) is 3.57. The molecule has 0 aromatic heterocycles. The predicted octanol–water partition coefficient (Wildman–Crippen LogP) is 3.57. The van der Waals surface area contributed by atoms with Gasteiger partial charge in [0, 0.05) is 11.9 Å². The molecular weight excluding hydrogens is 490 g/mol. The maximum absolute atomic E-state index is 8.89. The number of carbonyl (C=O) groups excluding carboxylic acids is 2. The van der Waals surface area contributed by atoms with Gasteiger partial charge in [0.2, 0.25) is 0 Å². The Bertz CT molecular complexity index is 744. The van der Waals surface area contributed by atoms with Crippen LogP contribution in [0.1, 0.15) is 55.4 Å². The van der Waals surface area contributed by atoms with E-state index in [4.69, 9.17) is 19.8 Å². The van der Waals surface area contributed by atoms with Crippen molar-refractivity contribution >= 4 is 25.2 Å². The second-order valence-electron chi connectivity index (χ2n) is 8.54. The van der Waals surface area contributed by atoms with Gasteiger partial charge >= 0.3 is 20.4 Å². The Morgan fingerprint density at radius 3 is 1.40 bits per heavy atom. The number of benzene rings is 2. The number of carboxylic acids is 2. The Morgan fingerprint density at radius 2 is 1.03 bits per heavy atom. The molecule has 0 atom stereocenters. The van der Waals surface area contributed by atoms with E-state index in [-0.39, 0.29) is 28.3 Å². The van der Waals surface area contributed by atoms with Crippen LogP contribution < -0.4 is 15.5 Å². The molecule has 0 aliphatic heterocycles. The fourth-order valence-corrected chi connectivity index (χ4v) is 7.40. The minimum absolute atomic E-state index is 0. The summed E-state index contributed by atoms with van der Waals surface area (Å²) < 4.78 is 0. The molecule has 0 saturated carbocycles. The van der Waals surface area contributed by atoms with Crippen molar-refractivity contribution in [2.75, 3.05) is 0 Å². The molecule has 0 N–H and O–H groups in total. The molecule has 168 valence electrons. The van der Waals surface area contributed by atoms with E-state index < -0.39 is 11.9 Å². The van der Waals surface area contributed by atoms with E-state index >= 15 is 0 Å². The summed E-state index contributed by atoms with van der Waals surface area (Å²) in [6.07, 6.45) is 0. The van der Waals surface area contributed by atoms with Gasteiger partial charge in [0.15, 0.2) is 0 Å². The van der Waals surface area contributed by atoms with Crippen molar-refractivity contribution in [3.63, 3.8) is 0 Å². The van der Waals surface area contributed by atoms with Crippen LogP contribution in [-0.4, -0.2) is 22.3 Å². The third-order valence-corrected chi connectivity index (χ3v) is 7.13. The zero-order valence-corrected chi connectivity index (χ0v) is 21.5. The van der Waals surface area contributed by atoms with E-state index in [2.05, 4.69) is 96.1 Å². The van der Waals surface area contributed by atoms with Gasteiger partial charge in [0.25, 0.3) is 0 Å². The van der Waals surface area contributed by atoms with Crippen LogP contribution in [0.15, 0.2) is 54.6 Å². The molecule has 0 aliphatic carbocycles. The number of carboxylic acid groups (broad SMARTS) is 2. The predicted molar refractivity (Wildman–Crippen MR) is 119 cm³/mol. The molecule has 0 unspecified atom stereocenters. The molecule has 0 bridgehead atoms. The van der Waals surface area contributed by atoms with E-state index in [1.165, 1.54) is 16.4 Å². The fourth-order valence-electron chi connectivity index (χ4n) is 3.26. The monoisotopic (exact) mass is 522 g/mol. The van der Waals surface area contributed by atoms with Gasteiger partial charge in [-0.25, -0.2) is 0 Å². The Kier molecular flexibility index (Phi) is 14.0.